The van der Waals surface area contributed by atoms with Gasteiger partial charge >= 0.3 is 0 Å². The maximum Gasteiger partial charge on any atom is 0.260 e. The van der Waals surface area contributed by atoms with Crippen LogP contribution in [0.4, 0.5) is 0 Å². The van der Waals surface area contributed by atoms with E-state index in [0.29, 0.717) is 31.4 Å². The molecule has 0 aromatic carbocycles. The number of nitrogens with one attached hydrogen (secondary N) is 1. The Morgan fingerprint density at radius 2 is 1.97 bits per heavy atom. The number of hydrogen-bond donors (Lipinski definition) is 1. The van der Waals surface area contributed by atoms with Gasteiger partial charge in [-0.15, -0.1) is 0 Å². The molecule has 5 rings (SSSR count). The summed E-state index contributed by atoms with van der Waals surface area (Å²) >= 11 is 0. The van der Waals surface area contributed by atoms with Gasteiger partial charge in [0, 0.05) is 24.3 Å². The van der Waals surface area contributed by atoms with Crippen molar-refractivity contribution < 1.29 is 22.7 Å². The molecule has 1 aliphatic carbocycles. The molecule has 1 N–H and O–H groups in total. The van der Waals surface area contributed by atoms with Gasteiger partial charge in [0.05, 0.1) is 24.0 Å². The van der Waals surface area contributed by atoms with E-state index in [1.165, 1.54) is 0 Å². The molecule has 0 spiro atoms. The number of nitrogens with zero attached hydrogens (tertiary/aromatic N) is 2. The predicted molar refractivity (Wildman–Crippen MR) is 112 cm³/mol. The topological polar surface area (TPSA) is 97.8 Å². The van der Waals surface area contributed by atoms with E-state index < -0.39 is 15.3 Å². The minimum absolute atomic E-state index is 0.111. The molecule has 1 unspecified atom stereocenters. The number of ether oxygens (including phenoxy) is 2. The summed E-state index contributed by atoms with van der Waals surface area (Å²) in [6, 6.07) is 3.25. The summed E-state index contributed by atoms with van der Waals surface area (Å²) in [6.45, 7) is 4.00. The molecule has 1 saturated heterocycles. The van der Waals surface area contributed by atoms with E-state index in [9.17, 15) is 13.2 Å². The van der Waals surface area contributed by atoms with Crippen molar-refractivity contribution in [2.45, 2.75) is 75.3 Å². The second-order valence-corrected chi connectivity index (χ2v) is 11.0. The van der Waals surface area contributed by atoms with Crippen LogP contribution in [0.25, 0.3) is 0 Å². The number of pyridine rings is 1. The van der Waals surface area contributed by atoms with Crippen molar-refractivity contribution >= 4 is 15.9 Å². The second kappa shape index (κ2) is 8.80. The number of rotatable bonds is 3. The summed E-state index contributed by atoms with van der Waals surface area (Å²) in [5.41, 5.74) is 1.06. The highest BCUT2D eigenvalue weighted by Crippen LogP contribution is 2.38. The lowest BCUT2D eigenvalue weighted by molar-refractivity contribution is -0.136. The van der Waals surface area contributed by atoms with E-state index in [1.807, 2.05) is 12.1 Å². The van der Waals surface area contributed by atoms with Crippen LogP contribution in [0.3, 0.4) is 0 Å². The molecule has 1 aromatic heterocycles. The number of carbonyl (C=O) groups excluding carboxylic acids is 1. The van der Waals surface area contributed by atoms with E-state index in [2.05, 4.69) is 9.71 Å². The Kier molecular flexibility index (Phi) is 6.31. The van der Waals surface area contributed by atoms with E-state index in [1.54, 1.807) is 24.9 Å². The van der Waals surface area contributed by atoms with Gasteiger partial charge in [-0.25, -0.2) is 18.1 Å². The highest BCUT2D eigenvalue weighted by atomic mass is 32.2. The summed E-state index contributed by atoms with van der Waals surface area (Å²) in [5, 5.41) is -0.529. The Hall–Kier alpha value is -1.71. The SMILES string of the molecule is CC(C)S(=O)(=O)N[C@H]1CCN2C(=O)COc3ncccc3C3CCC(CC3)OCC12. The zero-order chi connectivity index (χ0) is 21.3. The molecule has 1 amide bonds. The minimum Gasteiger partial charge on any atom is -0.467 e. The van der Waals surface area contributed by atoms with Gasteiger partial charge in [-0.1, -0.05) is 6.07 Å². The summed E-state index contributed by atoms with van der Waals surface area (Å²) in [7, 11) is -3.44. The lowest BCUT2D eigenvalue weighted by atomic mass is 9.83. The first kappa shape index (κ1) is 21.5. The van der Waals surface area contributed by atoms with Crippen LogP contribution in [0.15, 0.2) is 18.3 Å². The maximum absolute atomic E-state index is 13.0. The molecule has 2 atom stereocenters. The number of amides is 1. The van der Waals surface area contributed by atoms with Crippen molar-refractivity contribution in [3.63, 3.8) is 0 Å². The highest BCUT2D eigenvalue weighted by Gasteiger charge is 2.40. The maximum atomic E-state index is 13.0. The van der Waals surface area contributed by atoms with Gasteiger partial charge in [0.1, 0.15) is 0 Å². The van der Waals surface area contributed by atoms with Crippen LogP contribution in [-0.2, 0) is 19.6 Å². The Balaban J connectivity index is 1.57. The molecule has 9 heteroatoms. The molecule has 30 heavy (non-hydrogen) atoms. The quantitative estimate of drug-likeness (QED) is 0.775. The summed E-state index contributed by atoms with van der Waals surface area (Å²) in [5.74, 6) is 0.718. The average Bonchev–Trinajstić information content (AvgIpc) is 3.12. The number of sulfonamides is 1. The van der Waals surface area contributed by atoms with E-state index >= 15 is 0 Å². The van der Waals surface area contributed by atoms with Gasteiger partial charge in [0.2, 0.25) is 15.9 Å². The third-order valence-corrected chi connectivity index (χ3v) is 8.42. The Morgan fingerprint density at radius 3 is 2.70 bits per heavy atom. The fourth-order valence-corrected chi connectivity index (χ4v) is 5.65. The van der Waals surface area contributed by atoms with Crippen molar-refractivity contribution in [1.82, 2.24) is 14.6 Å². The first-order valence-electron chi connectivity index (χ1n) is 10.8. The van der Waals surface area contributed by atoms with Crippen LogP contribution < -0.4 is 9.46 Å². The van der Waals surface area contributed by atoms with Crippen LogP contribution in [0, 0.1) is 0 Å². The Bertz CT molecular complexity index is 867. The van der Waals surface area contributed by atoms with Gasteiger partial charge in [-0.2, -0.15) is 0 Å². The smallest absolute Gasteiger partial charge is 0.260 e. The van der Waals surface area contributed by atoms with Crippen LogP contribution in [0.2, 0.25) is 0 Å². The van der Waals surface area contributed by atoms with Crippen LogP contribution >= 0.6 is 0 Å². The lowest BCUT2D eigenvalue weighted by Gasteiger charge is -2.32. The fourth-order valence-electron chi connectivity index (χ4n) is 4.68. The standard InChI is InChI=1S/C21H31N3O5S/c1-14(2)30(26,27)23-18-9-11-24-19(18)12-28-16-7-5-15(6-8-16)17-4-3-10-22-21(17)29-13-20(24)25/h3-4,10,14-16,18-19,23H,5-9,11-13H2,1-2H3/t15?,16?,18-,19?/m0/s1. The first-order valence-corrected chi connectivity index (χ1v) is 12.4. The van der Waals surface area contributed by atoms with Crippen molar-refractivity contribution in [2.75, 3.05) is 19.8 Å². The second-order valence-electron chi connectivity index (χ2n) is 8.75. The van der Waals surface area contributed by atoms with Crippen LogP contribution in [0.5, 0.6) is 5.88 Å². The normalized spacial score (nSPS) is 30.1. The monoisotopic (exact) mass is 437 g/mol. The number of carbonyl (C=O) groups is 1. The van der Waals surface area contributed by atoms with Crippen LogP contribution in [-0.4, -0.2) is 67.4 Å². The molecule has 166 valence electrons. The first-order chi connectivity index (χ1) is 14.3. The number of hydrogen-bond acceptors (Lipinski definition) is 6. The van der Waals surface area contributed by atoms with Gasteiger partial charge in [0.15, 0.2) is 6.61 Å². The van der Waals surface area contributed by atoms with Crippen molar-refractivity contribution in [1.29, 1.82) is 0 Å². The van der Waals surface area contributed by atoms with Gasteiger partial charge in [0.25, 0.3) is 5.91 Å². The molecule has 3 aliphatic heterocycles. The summed E-state index contributed by atoms with van der Waals surface area (Å²) in [4.78, 5) is 19.1. The lowest BCUT2D eigenvalue weighted by Crippen LogP contribution is -2.51. The molecule has 4 heterocycles. The van der Waals surface area contributed by atoms with Crippen molar-refractivity contribution in [3.05, 3.63) is 23.9 Å². The molecular formula is C21H31N3O5S. The predicted octanol–water partition coefficient (Wildman–Crippen LogP) is 1.81. The zero-order valence-corrected chi connectivity index (χ0v) is 18.4. The molecule has 2 fully saturated rings. The molecular weight excluding hydrogens is 406 g/mol. The summed E-state index contributed by atoms with van der Waals surface area (Å²) < 4.78 is 39.8. The summed E-state index contributed by atoms with van der Waals surface area (Å²) in [6.07, 6.45) is 6.21. The molecule has 2 bridgehead atoms. The minimum atomic E-state index is -3.44. The third kappa shape index (κ3) is 4.48. The third-order valence-electron chi connectivity index (χ3n) is 6.55. The Labute approximate surface area is 178 Å². The average molecular weight is 438 g/mol. The molecule has 1 aromatic rings. The van der Waals surface area contributed by atoms with E-state index in [0.717, 1.165) is 31.2 Å². The van der Waals surface area contributed by atoms with Gasteiger partial charge < -0.3 is 14.4 Å². The molecule has 4 aliphatic rings. The molecule has 8 nitrogen and oxygen atoms in total. The Morgan fingerprint density at radius 1 is 1.20 bits per heavy atom. The molecule has 1 saturated carbocycles. The fraction of sp³-hybridized carbons (Fsp3) is 0.714. The highest BCUT2D eigenvalue weighted by molar-refractivity contribution is 7.90. The number of fused-ring (bicyclic) bond motifs is 5. The van der Waals surface area contributed by atoms with Gasteiger partial charge in [-0.3, -0.25) is 4.79 Å². The zero-order valence-electron chi connectivity index (χ0n) is 17.6. The van der Waals surface area contributed by atoms with Crippen molar-refractivity contribution in [3.8, 4) is 5.88 Å². The largest absolute Gasteiger partial charge is 0.467 e. The van der Waals surface area contributed by atoms with Crippen molar-refractivity contribution in [2.24, 2.45) is 0 Å². The van der Waals surface area contributed by atoms with E-state index in [4.69, 9.17) is 9.47 Å². The molecule has 0 radical (unpaired) electrons. The van der Waals surface area contributed by atoms with Gasteiger partial charge in [-0.05, 0) is 57.9 Å². The van der Waals surface area contributed by atoms with E-state index in [-0.39, 0.29) is 30.7 Å². The number of aromatic nitrogens is 1. The van der Waals surface area contributed by atoms with Crippen LogP contribution in [0.1, 0.15) is 57.4 Å².